The second-order valence-corrected chi connectivity index (χ2v) is 6.21. The normalized spacial score (nSPS) is 20.6. The molecule has 1 saturated heterocycles. The number of ether oxygens (including phenoxy) is 1. The van der Waals surface area contributed by atoms with Gasteiger partial charge in [0.15, 0.2) is 5.96 Å². The first kappa shape index (κ1) is 21.4. The van der Waals surface area contributed by atoms with E-state index in [1.165, 1.54) is 6.07 Å². The molecule has 1 atom stereocenters. The van der Waals surface area contributed by atoms with Crippen LogP contribution in [0.4, 0.5) is 4.39 Å². The fraction of sp³-hybridized carbons (Fsp3) is 0.562. The molecule has 1 unspecified atom stereocenters. The molecule has 136 valence electrons. The molecule has 8 heteroatoms. The van der Waals surface area contributed by atoms with Crippen molar-refractivity contribution in [2.45, 2.75) is 19.4 Å². The van der Waals surface area contributed by atoms with Crippen LogP contribution in [-0.4, -0.2) is 44.5 Å². The molecule has 2 rings (SSSR count). The van der Waals surface area contributed by atoms with Crippen molar-refractivity contribution in [3.63, 3.8) is 0 Å². The third-order valence-electron chi connectivity index (χ3n) is 4.13. The van der Waals surface area contributed by atoms with Gasteiger partial charge in [-0.05, 0) is 30.5 Å². The van der Waals surface area contributed by atoms with Crippen LogP contribution in [0.2, 0.25) is 5.02 Å². The van der Waals surface area contributed by atoms with Crippen molar-refractivity contribution in [3.05, 3.63) is 34.6 Å². The van der Waals surface area contributed by atoms with Gasteiger partial charge in [-0.15, -0.1) is 24.0 Å². The lowest BCUT2D eigenvalue weighted by Crippen LogP contribution is -2.44. The van der Waals surface area contributed by atoms with E-state index in [1.54, 1.807) is 19.2 Å². The Hall–Kier alpha value is -0.640. The van der Waals surface area contributed by atoms with Crippen LogP contribution in [-0.2, 0) is 11.3 Å². The molecule has 0 radical (unpaired) electrons. The van der Waals surface area contributed by atoms with Gasteiger partial charge in [0.05, 0.1) is 11.6 Å². The Morgan fingerprint density at radius 1 is 1.46 bits per heavy atom. The number of rotatable bonds is 6. The van der Waals surface area contributed by atoms with Gasteiger partial charge >= 0.3 is 0 Å². The van der Waals surface area contributed by atoms with Gasteiger partial charge in [0, 0.05) is 38.8 Å². The van der Waals surface area contributed by atoms with Crippen LogP contribution >= 0.6 is 35.6 Å². The van der Waals surface area contributed by atoms with Crippen LogP contribution < -0.4 is 10.6 Å². The van der Waals surface area contributed by atoms with Gasteiger partial charge in [0.25, 0.3) is 0 Å². The zero-order valence-electron chi connectivity index (χ0n) is 13.6. The van der Waals surface area contributed by atoms with E-state index < -0.39 is 5.82 Å². The van der Waals surface area contributed by atoms with Crippen molar-refractivity contribution < 1.29 is 14.2 Å². The highest BCUT2D eigenvalue weighted by Crippen LogP contribution is 2.31. The molecule has 0 aliphatic carbocycles. The van der Waals surface area contributed by atoms with Crippen molar-refractivity contribution in [2.24, 2.45) is 10.4 Å². The van der Waals surface area contributed by atoms with Crippen LogP contribution in [0.5, 0.6) is 0 Å². The number of nitrogens with zero attached hydrogens (tertiary/aromatic N) is 1. The molecule has 0 amide bonds. The molecule has 0 saturated carbocycles. The Kier molecular flexibility index (Phi) is 9.25. The summed E-state index contributed by atoms with van der Waals surface area (Å²) in [5.41, 5.74) is 0.819. The fourth-order valence-corrected chi connectivity index (χ4v) is 2.84. The van der Waals surface area contributed by atoms with Gasteiger partial charge in [0.2, 0.25) is 0 Å². The molecule has 0 spiro atoms. The molecule has 1 aliphatic heterocycles. The van der Waals surface area contributed by atoms with E-state index in [0.717, 1.165) is 18.6 Å². The monoisotopic (exact) mass is 471 g/mol. The van der Waals surface area contributed by atoms with Crippen molar-refractivity contribution >= 4 is 41.5 Å². The summed E-state index contributed by atoms with van der Waals surface area (Å²) in [5.74, 6) is 0.222. The standard InChI is InChI=1S/C16H23ClFN3O2.HI/c1-19-15(20-9-12-2-3-14(18)13(17)8-12)21-10-16(4-6-22)5-7-23-11-16;/h2-3,8,22H,4-7,9-11H2,1H3,(H2,19,20,21);1H. The van der Waals surface area contributed by atoms with Crippen molar-refractivity contribution in [2.75, 3.05) is 33.4 Å². The Labute approximate surface area is 164 Å². The molecule has 0 aromatic heterocycles. The summed E-state index contributed by atoms with van der Waals surface area (Å²) < 4.78 is 18.6. The number of aliphatic imine (C=N–C) groups is 1. The van der Waals surface area contributed by atoms with Gasteiger partial charge in [-0.1, -0.05) is 17.7 Å². The molecular formula is C16H24ClFIN3O2. The summed E-state index contributed by atoms with van der Waals surface area (Å²) in [6.45, 7) is 2.68. The molecule has 1 aliphatic rings. The third kappa shape index (κ3) is 6.02. The van der Waals surface area contributed by atoms with Crippen LogP contribution in [0.25, 0.3) is 0 Å². The topological polar surface area (TPSA) is 65.9 Å². The number of benzene rings is 1. The van der Waals surface area contributed by atoms with Gasteiger partial charge in [0.1, 0.15) is 5.82 Å². The lowest BCUT2D eigenvalue weighted by molar-refractivity contribution is 0.127. The number of halogens is 3. The van der Waals surface area contributed by atoms with E-state index in [0.29, 0.717) is 32.1 Å². The Bertz CT molecular complexity index is 554. The first-order chi connectivity index (χ1) is 11.1. The smallest absolute Gasteiger partial charge is 0.191 e. The number of hydrogen-bond donors (Lipinski definition) is 3. The van der Waals surface area contributed by atoms with E-state index in [4.69, 9.17) is 16.3 Å². The first-order valence-corrected chi connectivity index (χ1v) is 8.03. The predicted octanol–water partition coefficient (Wildman–Crippen LogP) is 2.55. The second-order valence-electron chi connectivity index (χ2n) is 5.80. The van der Waals surface area contributed by atoms with Crippen molar-refractivity contribution in [1.82, 2.24) is 10.6 Å². The summed E-state index contributed by atoms with van der Waals surface area (Å²) in [6.07, 6.45) is 1.62. The highest BCUT2D eigenvalue weighted by atomic mass is 127. The fourth-order valence-electron chi connectivity index (χ4n) is 2.64. The molecule has 1 aromatic rings. The zero-order chi connectivity index (χ0) is 16.7. The SMILES string of the molecule is CN=C(NCc1ccc(F)c(Cl)c1)NCC1(CCO)CCOC1.I. The minimum absolute atomic E-state index is 0. The largest absolute Gasteiger partial charge is 0.396 e. The second kappa shape index (κ2) is 10.4. The summed E-state index contributed by atoms with van der Waals surface area (Å²) >= 11 is 5.78. The van der Waals surface area contributed by atoms with Gasteiger partial charge < -0.3 is 20.5 Å². The molecule has 3 N–H and O–H groups in total. The van der Waals surface area contributed by atoms with Crippen molar-refractivity contribution in [3.8, 4) is 0 Å². The van der Waals surface area contributed by atoms with E-state index in [1.807, 2.05) is 0 Å². The first-order valence-electron chi connectivity index (χ1n) is 7.66. The van der Waals surface area contributed by atoms with Gasteiger partial charge in [-0.3, -0.25) is 4.99 Å². The Balaban J connectivity index is 0.00000288. The number of nitrogens with one attached hydrogen (secondary N) is 2. The quantitative estimate of drug-likeness (QED) is 0.339. The molecule has 1 heterocycles. The van der Waals surface area contributed by atoms with Crippen LogP contribution in [0.15, 0.2) is 23.2 Å². The van der Waals surface area contributed by atoms with Crippen molar-refractivity contribution in [1.29, 1.82) is 0 Å². The number of aliphatic hydroxyl groups excluding tert-OH is 1. The lowest BCUT2D eigenvalue weighted by Gasteiger charge is -2.27. The highest BCUT2D eigenvalue weighted by molar-refractivity contribution is 14.0. The average Bonchev–Trinajstić information content (AvgIpc) is 3.00. The summed E-state index contributed by atoms with van der Waals surface area (Å²) in [5, 5.41) is 15.8. The highest BCUT2D eigenvalue weighted by Gasteiger charge is 2.34. The van der Waals surface area contributed by atoms with E-state index in [9.17, 15) is 9.50 Å². The molecule has 24 heavy (non-hydrogen) atoms. The van der Waals surface area contributed by atoms with Gasteiger partial charge in [-0.2, -0.15) is 0 Å². The maximum absolute atomic E-state index is 13.2. The average molecular weight is 472 g/mol. The Morgan fingerprint density at radius 2 is 2.25 bits per heavy atom. The lowest BCUT2D eigenvalue weighted by atomic mass is 9.84. The maximum Gasteiger partial charge on any atom is 0.191 e. The summed E-state index contributed by atoms with van der Waals surface area (Å²) in [6, 6.07) is 4.62. The van der Waals surface area contributed by atoms with Crippen LogP contribution in [0, 0.1) is 11.2 Å². The molecule has 0 bridgehead atoms. The zero-order valence-corrected chi connectivity index (χ0v) is 16.7. The maximum atomic E-state index is 13.2. The van der Waals surface area contributed by atoms with E-state index >= 15 is 0 Å². The van der Waals surface area contributed by atoms with Gasteiger partial charge in [-0.25, -0.2) is 4.39 Å². The minimum atomic E-state index is -0.426. The molecule has 1 aromatic carbocycles. The van der Waals surface area contributed by atoms with Crippen LogP contribution in [0.3, 0.4) is 0 Å². The number of guanidine groups is 1. The number of aliphatic hydroxyl groups is 1. The van der Waals surface area contributed by atoms with E-state index in [-0.39, 0.29) is 41.0 Å². The molecule has 5 nitrogen and oxygen atoms in total. The number of hydrogen-bond acceptors (Lipinski definition) is 3. The van der Waals surface area contributed by atoms with E-state index in [2.05, 4.69) is 15.6 Å². The minimum Gasteiger partial charge on any atom is -0.396 e. The molecule has 1 fully saturated rings. The Morgan fingerprint density at radius 3 is 2.83 bits per heavy atom. The van der Waals surface area contributed by atoms with Crippen LogP contribution in [0.1, 0.15) is 18.4 Å². The third-order valence-corrected chi connectivity index (χ3v) is 4.42. The molecular weight excluding hydrogens is 448 g/mol. The predicted molar refractivity (Wildman–Crippen MR) is 105 cm³/mol. The summed E-state index contributed by atoms with van der Waals surface area (Å²) in [7, 11) is 1.69. The summed E-state index contributed by atoms with van der Waals surface area (Å²) in [4.78, 5) is 4.18.